The van der Waals surface area contributed by atoms with Crippen molar-refractivity contribution in [2.75, 3.05) is 19.8 Å². The van der Waals surface area contributed by atoms with Gasteiger partial charge in [-0.2, -0.15) is 5.10 Å². The number of fused-ring (bicyclic) bond motifs is 1. The molecular formula is C16H20ClN3O3. The van der Waals surface area contributed by atoms with Gasteiger partial charge in [0, 0.05) is 26.0 Å². The molecule has 1 fully saturated rings. The molecule has 0 spiro atoms. The number of esters is 1. The smallest absolute Gasteiger partial charge is 0.341 e. The van der Waals surface area contributed by atoms with E-state index in [2.05, 4.69) is 10.1 Å². The predicted octanol–water partition coefficient (Wildman–Crippen LogP) is 3.00. The Hall–Kier alpha value is -1.66. The topological polar surface area (TPSA) is 66.2 Å². The number of rotatable bonds is 4. The van der Waals surface area contributed by atoms with Crippen molar-refractivity contribution in [3.8, 4) is 0 Å². The van der Waals surface area contributed by atoms with E-state index in [9.17, 15) is 4.79 Å². The molecule has 0 radical (unpaired) electrons. The van der Waals surface area contributed by atoms with Gasteiger partial charge < -0.3 is 9.47 Å². The Bertz CT molecular complexity index is 723. The van der Waals surface area contributed by atoms with Crippen LogP contribution in [0.1, 0.15) is 35.8 Å². The number of aryl methyl sites for hydroxylation is 1. The van der Waals surface area contributed by atoms with Gasteiger partial charge in [0.2, 0.25) is 0 Å². The number of aromatic nitrogens is 3. The Labute approximate surface area is 139 Å². The Morgan fingerprint density at radius 2 is 2.22 bits per heavy atom. The number of hydrogen-bond donors (Lipinski definition) is 0. The quantitative estimate of drug-likeness (QED) is 0.802. The zero-order valence-corrected chi connectivity index (χ0v) is 14.1. The van der Waals surface area contributed by atoms with Crippen LogP contribution < -0.4 is 0 Å². The molecule has 0 saturated carbocycles. The normalized spacial score (nSPS) is 16.0. The molecule has 124 valence electrons. The van der Waals surface area contributed by atoms with Crippen LogP contribution in [0.3, 0.4) is 0 Å². The maximum Gasteiger partial charge on any atom is 0.341 e. The van der Waals surface area contributed by atoms with Gasteiger partial charge in [-0.05, 0) is 32.6 Å². The lowest BCUT2D eigenvalue weighted by Gasteiger charge is -2.21. The van der Waals surface area contributed by atoms with Crippen LogP contribution in [0.4, 0.5) is 0 Å². The summed E-state index contributed by atoms with van der Waals surface area (Å²) in [6, 6.07) is 0. The maximum absolute atomic E-state index is 12.0. The zero-order chi connectivity index (χ0) is 16.4. The summed E-state index contributed by atoms with van der Waals surface area (Å²) in [7, 11) is 0. The number of carbonyl (C=O) groups excluding carboxylic acids is 1. The van der Waals surface area contributed by atoms with Gasteiger partial charge in [-0.25, -0.2) is 14.5 Å². The van der Waals surface area contributed by atoms with E-state index in [1.165, 1.54) is 6.20 Å². The third-order valence-electron chi connectivity index (χ3n) is 4.14. The Morgan fingerprint density at radius 1 is 1.48 bits per heavy atom. The first-order valence-electron chi connectivity index (χ1n) is 7.88. The van der Waals surface area contributed by atoms with Crippen LogP contribution in [-0.2, 0) is 16.0 Å². The van der Waals surface area contributed by atoms with Crippen LogP contribution in [0.25, 0.3) is 11.0 Å². The highest BCUT2D eigenvalue weighted by Crippen LogP contribution is 2.30. The first-order chi connectivity index (χ1) is 11.1. The molecule has 0 atom stereocenters. The summed E-state index contributed by atoms with van der Waals surface area (Å²) in [5.41, 5.74) is 1.78. The van der Waals surface area contributed by atoms with E-state index < -0.39 is 5.97 Å². The molecule has 0 aromatic carbocycles. The van der Waals surface area contributed by atoms with Gasteiger partial charge in [0.05, 0.1) is 28.3 Å². The van der Waals surface area contributed by atoms with E-state index in [1.54, 1.807) is 6.92 Å². The van der Waals surface area contributed by atoms with Crippen LogP contribution in [-0.4, -0.2) is 40.6 Å². The van der Waals surface area contributed by atoms with Gasteiger partial charge >= 0.3 is 5.97 Å². The molecule has 1 aliphatic heterocycles. The monoisotopic (exact) mass is 337 g/mol. The molecule has 1 saturated heterocycles. The molecule has 0 aliphatic carbocycles. The average Bonchev–Trinajstić information content (AvgIpc) is 2.85. The van der Waals surface area contributed by atoms with Crippen molar-refractivity contribution in [1.29, 1.82) is 0 Å². The second-order valence-corrected chi connectivity index (χ2v) is 6.11. The molecule has 0 amide bonds. The van der Waals surface area contributed by atoms with Gasteiger partial charge in [0.15, 0.2) is 5.65 Å². The molecule has 3 rings (SSSR count). The Balaban J connectivity index is 1.96. The molecule has 1 aliphatic rings. The standard InChI is InChI=1S/C16H20ClN3O3/c1-3-23-16(21)12-8-18-15-13(14(12)17)10(2)19-20(15)9-11-4-6-22-7-5-11/h8,11H,3-7,9H2,1-2H3. The SMILES string of the molecule is CCOC(=O)c1cnc2c(c(C)nn2CC2CCOCC2)c1Cl. The highest BCUT2D eigenvalue weighted by molar-refractivity contribution is 6.38. The van der Waals surface area contributed by atoms with E-state index in [0.29, 0.717) is 23.2 Å². The van der Waals surface area contributed by atoms with Crippen molar-refractivity contribution in [3.05, 3.63) is 22.5 Å². The summed E-state index contributed by atoms with van der Waals surface area (Å²) in [6.07, 6.45) is 3.52. The number of nitrogens with zero attached hydrogens (tertiary/aromatic N) is 3. The van der Waals surface area contributed by atoms with Crippen LogP contribution in [0.15, 0.2) is 6.20 Å². The summed E-state index contributed by atoms with van der Waals surface area (Å²) < 4.78 is 12.3. The fourth-order valence-electron chi connectivity index (χ4n) is 2.93. The van der Waals surface area contributed by atoms with E-state index in [-0.39, 0.29) is 5.56 Å². The summed E-state index contributed by atoms with van der Waals surface area (Å²) in [5.74, 6) is 0.0695. The highest BCUT2D eigenvalue weighted by atomic mass is 35.5. The summed E-state index contributed by atoms with van der Waals surface area (Å²) in [6.45, 7) is 6.32. The Morgan fingerprint density at radius 3 is 2.91 bits per heavy atom. The predicted molar refractivity (Wildman–Crippen MR) is 86.8 cm³/mol. The van der Waals surface area contributed by atoms with Crippen molar-refractivity contribution < 1.29 is 14.3 Å². The first-order valence-corrected chi connectivity index (χ1v) is 8.26. The van der Waals surface area contributed by atoms with E-state index in [1.807, 2.05) is 11.6 Å². The minimum Gasteiger partial charge on any atom is -0.462 e. The number of hydrogen-bond acceptors (Lipinski definition) is 5. The first kappa shape index (κ1) is 16.2. The Kier molecular flexibility index (Phi) is 4.82. The molecule has 2 aromatic rings. The molecule has 0 bridgehead atoms. The van der Waals surface area contributed by atoms with Crippen LogP contribution in [0, 0.1) is 12.8 Å². The second kappa shape index (κ2) is 6.84. The molecule has 0 unspecified atom stereocenters. The largest absolute Gasteiger partial charge is 0.462 e. The van der Waals surface area contributed by atoms with Gasteiger partial charge in [-0.1, -0.05) is 11.6 Å². The third-order valence-corrected chi connectivity index (χ3v) is 4.53. The average molecular weight is 338 g/mol. The van der Waals surface area contributed by atoms with E-state index in [4.69, 9.17) is 21.1 Å². The van der Waals surface area contributed by atoms with Crippen LogP contribution in [0.2, 0.25) is 5.02 Å². The van der Waals surface area contributed by atoms with Crippen molar-refractivity contribution in [2.45, 2.75) is 33.2 Å². The van der Waals surface area contributed by atoms with E-state index >= 15 is 0 Å². The fourth-order valence-corrected chi connectivity index (χ4v) is 3.27. The van der Waals surface area contributed by atoms with Gasteiger partial charge in [-0.15, -0.1) is 0 Å². The summed E-state index contributed by atoms with van der Waals surface area (Å²) in [4.78, 5) is 16.4. The lowest BCUT2D eigenvalue weighted by molar-refractivity contribution is 0.0526. The number of pyridine rings is 1. The van der Waals surface area contributed by atoms with Crippen molar-refractivity contribution in [2.24, 2.45) is 5.92 Å². The number of halogens is 1. The van der Waals surface area contributed by atoms with Gasteiger partial charge in [0.25, 0.3) is 0 Å². The molecule has 2 aromatic heterocycles. The van der Waals surface area contributed by atoms with Crippen LogP contribution in [0.5, 0.6) is 0 Å². The van der Waals surface area contributed by atoms with E-state index in [0.717, 1.165) is 43.7 Å². The number of carbonyl (C=O) groups is 1. The van der Waals surface area contributed by atoms with Gasteiger partial charge in [0.1, 0.15) is 0 Å². The molecule has 23 heavy (non-hydrogen) atoms. The lowest BCUT2D eigenvalue weighted by atomic mass is 10.0. The lowest BCUT2D eigenvalue weighted by Crippen LogP contribution is -2.21. The van der Waals surface area contributed by atoms with Crippen LogP contribution >= 0.6 is 11.6 Å². The minimum absolute atomic E-state index is 0.287. The summed E-state index contributed by atoms with van der Waals surface area (Å²) >= 11 is 6.42. The molecule has 3 heterocycles. The highest BCUT2D eigenvalue weighted by Gasteiger charge is 2.22. The minimum atomic E-state index is -0.455. The van der Waals surface area contributed by atoms with Crippen molar-refractivity contribution in [3.63, 3.8) is 0 Å². The van der Waals surface area contributed by atoms with Crippen molar-refractivity contribution >= 4 is 28.6 Å². The second-order valence-electron chi connectivity index (χ2n) is 5.73. The maximum atomic E-state index is 12.0. The molecule has 7 heteroatoms. The molecule has 6 nitrogen and oxygen atoms in total. The third kappa shape index (κ3) is 3.19. The van der Waals surface area contributed by atoms with Gasteiger partial charge in [-0.3, -0.25) is 0 Å². The summed E-state index contributed by atoms with van der Waals surface area (Å²) in [5, 5.41) is 5.66. The molecule has 0 N–H and O–H groups in total. The van der Waals surface area contributed by atoms with Crippen molar-refractivity contribution in [1.82, 2.24) is 14.8 Å². The zero-order valence-electron chi connectivity index (χ0n) is 13.3. The molecular weight excluding hydrogens is 318 g/mol. The number of ether oxygens (including phenoxy) is 2. The fraction of sp³-hybridized carbons (Fsp3) is 0.562.